The number of carboxylic acids is 1. The molecule has 0 fully saturated rings. The molecule has 0 radical (unpaired) electrons. The van der Waals surface area contributed by atoms with Gasteiger partial charge in [-0.2, -0.15) is 0 Å². The maximum atomic E-state index is 11.6. The highest BCUT2D eigenvalue weighted by atomic mass is 16.5. The van der Waals surface area contributed by atoms with Crippen molar-refractivity contribution in [2.75, 3.05) is 6.54 Å². The average molecular weight is 274 g/mol. The van der Waals surface area contributed by atoms with Crippen molar-refractivity contribution in [3.05, 3.63) is 53.4 Å². The Balaban J connectivity index is 1.79. The zero-order chi connectivity index (χ0) is 14.4. The molecule has 104 valence electrons. The van der Waals surface area contributed by atoms with Crippen molar-refractivity contribution in [3.8, 4) is 0 Å². The Hall–Kier alpha value is -2.63. The number of nitrogens with zero attached hydrogens (tertiary/aromatic N) is 1. The second-order valence-corrected chi connectivity index (χ2v) is 4.27. The lowest BCUT2D eigenvalue weighted by Crippen LogP contribution is -2.27. The summed E-state index contributed by atoms with van der Waals surface area (Å²) >= 11 is 0. The third-order valence-electron chi connectivity index (χ3n) is 2.74. The molecule has 0 unspecified atom stereocenters. The first-order chi connectivity index (χ1) is 9.65. The van der Waals surface area contributed by atoms with E-state index in [1.54, 1.807) is 18.2 Å². The smallest absolute Gasteiger partial charge is 0.335 e. The van der Waals surface area contributed by atoms with Crippen molar-refractivity contribution in [1.29, 1.82) is 0 Å². The van der Waals surface area contributed by atoms with Gasteiger partial charge in [0, 0.05) is 12.6 Å². The normalized spacial score (nSPS) is 10.2. The molecule has 1 heterocycles. The quantitative estimate of drug-likeness (QED) is 0.827. The summed E-state index contributed by atoms with van der Waals surface area (Å²) in [6.45, 7) is 0.444. The molecule has 0 aliphatic carbocycles. The molecule has 0 saturated carbocycles. The Morgan fingerprint density at radius 1 is 1.30 bits per heavy atom. The van der Waals surface area contributed by atoms with Gasteiger partial charge in [-0.3, -0.25) is 4.79 Å². The van der Waals surface area contributed by atoms with Crippen LogP contribution >= 0.6 is 0 Å². The zero-order valence-electron chi connectivity index (χ0n) is 10.7. The molecule has 0 saturated heterocycles. The molecule has 0 spiro atoms. The van der Waals surface area contributed by atoms with Crippen LogP contribution in [0, 0.1) is 0 Å². The number of hydrogen-bond acceptors (Lipinski definition) is 4. The van der Waals surface area contributed by atoms with Gasteiger partial charge in [0.05, 0.1) is 17.7 Å². The third kappa shape index (κ3) is 3.94. The fourth-order valence-electron chi connectivity index (χ4n) is 1.76. The van der Waals surface area contributed by atoms with E-state index in [2.05, 4.69) is 15.0 Å². The number of carboxylic acid groups (broad SMARTS) is 1. The lowest BCUT2D eigenvalue weighted by atomic mass is 10.1. The van der Waals surface area contributed by atoms with Gasteiger partial charge in [0.25, 0.3) is 0 Å². The van der Waals surface area contributed by atoms with E-state index in [9.17, 15) is 9.59 Å². The Kier molecular flexibility index (Phi) is 4.49. The van der Waals surface area contributed by atoms with Crippen molar-refractivity contribution in [1.82, 2.24) is 10.5 Å². The van der Waals surface area contributed by atoms with E-state index < -0.39 is 5.97 Å². The van der Waals surface area contributed by atoms with Gasteiger partial charge in [0.1, 0.15) is 6.26 Å². The van der Waals surface area contributed by atoms with Gasteiger partial charge < -0.3 is 14.9 Å². The number of nitrogens with one attached hydrogen (secondary N) is 1. The first kappa shape index (κ1) is 13.8. The van der Waals surface area contributed by atoms with Gasteiger partial charge in [-0.1, -0.05) is 17.3 Å². The molecule has 1 aromatic heterocycles. The standard InChI is InChI=1S/C14H14N2O4/c17-13(9-12-5-7-20-16-12)15-6-4-10-2-1-3-11(8-10)14(18)19/h1-3,5,7-8H,4,6,9H2,(H,15,17)(H,18,19). The monoisotopic (exact) mass is 274 g/mol. The number of carbonyl (C=O) groups is 2. The van der Waals surface area contributed by atoms with Crippen molar-refractivity contribution in [2.24, 2.45) is 0 Å². The molecule has 2 rings (SSSR count). The summed E-state index contributed by atoms with van der Waals surface area (Å²) < 4.78 is 4.64. The van der Waals surface area contributed by atoms with Crippen LogP contribution in [0.4, 0.5) is 0 Å². The molecule has 0 bridgehead atoms. The summed E-state index contributed by atoms with van der Waals surface area (Å²) in [5.74, 6) is -1.10. The highest BCUT2D eigenvalue weighted by Crippen LogP contribution is 2.05. The Morgan fingerprint density at radius 3 is 2.85 bits per heavy atom. The fourth-order valence-corrected chi connectivity index (χ4v) is 1.76. The van der Waals surface area contributed by atoms with Crippen LogP contribution in [-0.4, -0.2) is 28.7 Å². The van der Waals surface area contributed by atoms with Crippen LogP contribution < -0.4 is 5.32 Å². The molecule has 0 atom stereocenters. The van der Waals surface area contributed by atoms with Gasteiger partial charge in [-0.25, -0.2) is 4.79 Å². The number of carbonyl (C=O) groups excluding carboxylic acids is 1. The number of aromatic carboxylic acids is 1. The average Bonchev–Trinajstić information content (AvgIpc) is 2.92. The summed E-state index contributed by atoms with van der Waals surface area (Å²) in [7, 11) is 0. The second kappa shape index (κ2) is 6.51. The van der Waals surface area contributed by atoms with E-state index in [0.29, 0.717) is 18.7 Å². The molecule has 1 aromatic carbocycles. The first-order valence-electron chi connectivity index (χ1n) is 6.13. The van der Waals surface area contributed by atoms with E-state index in [0.717, 1.165) is 5.56 Å². The van der Waals surface area contributed by atoms with Crippen LogP contribution in [0.15, 0.2) is 41.1 Å². The second-order valence-electron chi connectivity index (χ2n) is 4.27. The van der Waals surface area contributed by atoms with Crippen molar-refractivity contribution in [2.45, 2.75) is 12.8 Å². The number of benzene rings is 1. The zero-order valence-corrected chi connectivity index (χ0v) is 10.7. The summed E-state index contributed by atoms with van der Waals surface area (Å²) in [5.41, 5.74) is 1.69. The molecule has 2 aromatic rings. The van der Waals surface area contributed by atoms with Crippen LogP contribution in [0.25, 0.3) is 0 Å². The number of hydrogen-bond donors (Lipinski definition) is 2. The van der Waals surface area contributed by atoms with E-state index >= 15 is 0 Å². The minimum atomic E-state index is -0.957. The minimum absolute atomic E-state index is 0.145. The van der Waals surface area contributed by atoms with E-state index in [-0.39, 0.29) is 17.9 Å². The molecule has 1 amide bonds. The summed E-state index contributed by atoms with van der Waals surface area (Å²) in [6.07, 6.45) is 2.16. The van der Waals surface area contributed by atoms with Crippen LogP contribution in [-0.2, 0) is 17.6 Å². The number of aromatic nitrogens is 1. The van der Waals surface area contributed by atoms with E-state index in [4.69, 9.17) is 5.11 Å². The van der Waals surface area contributed by atoms with Crippen LogP contribution in [0.5, 0.6) is 0 Å². The van der Waals surface area contributed by atoms with Gasteiger partial charge in [0.2, 0.25) is 5.91 Å². The first-order valence-corrected chi connectivity index (χ1v) is 6.13. The maximum absolute atomic E-state index is 11.6. The highest BCUT2D eigenvalue weighted by Gasteiger charge is 2.06. The Bertz CT molecular complexity index is 593. The van der Waals surface area contributed by atoms with Crippen molar-refractivity contribution >= 4 is 11.9 Å². The molecule has 6 nitrogen and oxygen atoms in total. The van der Waals surface area contributed by atoms with Crippen LogP contribution in [0.3, 0.4) is 0 Å². The molecular formula is C14H14N2O4. The Morgan fingerprint density at radius 2 is 2.15 bits per heavy atom. The number of rotatable bonds is 6. The van der Waals surface area contributed by atoms with Gasteiger partial charge in [-0.15, -0.1) is 0 Å². The predicted molar refractivity (Wildman–Crippen MR) is 70.3 cm³/mol. The van der Waals surface area contributed by atoms with E-state index in [1.807, 2.05) is 6.07 Å². The lowest BCUT2D eigenvalue weighted by Gasteiger charge is -2.05. The van der Waals surface area contributed by atoms with Crippen LogP contribution in [0.1, 0.15) is 21.6 Å². The van der Waals surface area contributed by atoms with E-state index in [1.165, 1.54) is 12.3 Å². The van der Waals surface area contributed by atoms with Gasteiger partial charge >= 0.3 is 5.97 Å². The molecular weight excluding hydrogens is 260 g/mol. The Labute approximate surface area is 115 Å². The maximum Gasteiger partial charge on any atom is 0.335 e. The molecule has 2 N–H and O–H groups in total. The topological polar surface area (TPSA) is 92.4 Å². The molecule has 0 aliphatic heterocycles. The fraction of sp³-hybridized carbons (Fsp3) is 0.214. The molecule has 6 heteroatoms. The van der Waals surface area contributed by atoms with Crippen molar-refractivity contribution in [3.63, 3.8) is 0 Å². The SMILES string of the molecule is O=C(Cc1ccon1)NCCc1cccc(C(=O)O)c1. The minimum Gasteiger partial charge on any atom is -0.478 e. The highest BCUT2D eigenvalue weighted by molar-refractivity contribution is 5.87. The molecule has 0 aliphatic rings. The van der Waals surface area contributed by atoms with Crippen LogP contribution in [0.2, 0.25) is 0 Å². The summed E-state index contributed by atoms with van der Waals surface area (Å²) in [5, 5.41) is 15.3. The third-order valence-corrected chi connectivity index (χ3v) is 2.74. The van der Waals surface area contributed by atoms with Gasteiger partial charge in [0.15, 0.2) is 0 Å². The lowest BCUT2D eigenvalue weighted by molar-refractivity contribution is -0.120. The predicted octanol–water partition coefficient (Wildman–Crippen LogP) is 1.27. The molecule has 20 heavy (non-hydrogen) atoms. The van der Waals surface area contributed by atoms with Gasteiger partial charge in [-0.05, 0) is 24.1 Å². The van der Waals surface area contributed by atoms with Crippen molar-refractivity contribution < 1.29 is 19.2 Å². The largest absolute Gasteiger partial charge is 0.478 e. The summed E-state index contributed by atoms with van der Waals surface area (Å²) in [6, 6.07) is 8.29. The summed E-state index contributed by atoms with van der Waals surface area (Å²) in [4.78, 5) is 22.4. The number of amides is 1.